The highest BCUT2D eigenvalue weighted by atomic mass is 15.1. The predicted octanol–water partition coefficient (Wildman–Crippen LogP) is 5.36. The number of para-hydroxylation sites is 1. The van der Waals surface area contributed by atoms with Crippen LogP contribution >= 0.6 is 0 Å². The Labute approximate surface area is 150 Å². The van der Waals surface area contributed by atoms with Gasteiger partial charge in [0.15, 0.2) is 0 Å². The Morgan fingerprint density at radius 3 is 2.56 bits per heavy atom. The Balaban J connectivity index is 1.68. The second kappa shape index (κ2) is 6.36. The summed E-state index contributed by atoms with van der Waals surface area (Å²) in [5.41, 5.74) is 9.95. The third-order valence-corrected chi connectivity index (χ3v) is 5.26. The first kappa shape index (κ1) is 15.9. The van der Waals surface area contributed by atoms with Gasteiger partial charge in [-0.3, -0.25) is 4.99 Å². The number of allylic oxidation sites excluding steroid dienone is 2. The zero-order chi connectivity index (χ0) is 17.4. The highest BCUT2D eigenvalue weighted by Crippen LogP contribution is 2.35. The number of hydrogen-bond acceptors (Lipinski definition) is 2. The quantitative estimate of drug-likeness (QED) is 0.738. The van der Waals surface area contributed by atoms with Crippen LogP contribution in [0.4, 0.5) is 11.4 Å². The summed E-state index contributed by atoms with van der Waals surface area (Å²) in [6, 6.07) is 15.2. The number of anilines is 1. The van der Waals surface area contributed by atoms with Gasteiger partial charge in [-0.15, -0.1) is 0 Å². The van der Waals surface area contributed by atoms with E-state index in [-0.39, 0.29) is 0 Å². The van der Waals surface area contributed by atoms with Crippen LogP contribution in [0, 0.1) is 0 Å². The number of hydrogen-bond donors (Lipinski definition) is 0. The molecule has 0 saturated carbocycles. The predicted molar refractivity (Wildman–Crippen MR) is 108 cm³/mol. The Kier molecular flexibility index (Phi) is 4.04. The van der Waals surface area contributed by atoms with E-state index < -0.39 is 0 Å². The third-order valence-electron chi connectivity index (χ3n) is 5.26. The van der Waals surface area contributed by atoms with Crippen molar-refractivity contribution in [1.29, 1.82) is 0 Å². The van der Waals surface area contributed by atoms with Crippen LogP contribution in [0.5, 0.6) is 0 Å². The monoisotopic (exact) mass is 328 g/mol. The second-order valence-corrected chi connectivity index (χ2v) is 6.76. The van der Waals surface area contributed by atoms with Gasteiger partial charge in [-0.05, 0) is 72.4 Å². The Morgan fingerprint density at radius 2 is 1.80 bits per heavy atom. The van der Waals surface area contributed by atoms with E-state index in [1.165, 1.54) is 33.5 Å². The van der Waals surface area contributed by atoms with Crippen molar-refractivity contribution in [1.82, 2.24) is 0 Å². The lowest BCUT2D eigenvalue weighted by Crippen LogP contribution is -2.22. The normalized spacial score (nSPS) is 15.4. The molecule has 2 nitrogen and oxygen atoms in total. The number of aliphatic imine (C=N–C) groups is 1. The fourth-order valence-corrected chi connectivity index (χ4v) is 3.83. The molecule has 126 valence electrons. The van der Waals surface area contributed by atoms with E-state index in [0.717, 1.165) is 37.3 Å². The molecule has 0 fully saturated rings. The molecule has 2 aromatic carbocycles. The van der Waals surface area contributed by atoms with E-state index in [2.05, 4.69) is 73.9 Å². The Morgan fingerprint density at radius 1 is 1.00 bits per heavy atom. The first-order chi connectivity index (χ1) is 12.2. The molecular weight excluding hydrogens is 304 g/mol. The summed E-state index contributed by atoms with van der Waals surface area (Å²) in [6.07, 6.45) is 4.09. The molecule has 0 bridgehead atoms. The van der Waals surface area contributed by atoms with Gasteiger partial charge in [-0.1, -0.05) is 30.8 Å². The lowest BCUT2D eigenvalue weighted by Gasteiger charge is -2.25. The van der Waals surface area contributed by atoms with Crippen LogP contribution in [0.3, 0.4) is 0 Å². The summed E-state index contributed by atoms with van der Waals surface area (Å²) < 4.78 is 0. The zero-order valence-corrected chi connectivity index (χ0v) is 15.0. The summed E-state index contributed by atoms with van der Waals surface area (Å²) in [5, 5.41) is 0. The van der Waals surface area contributed by atoms with E-state index in [1.807, 2.05) is 0 Å². The van der Waals surface area contributed by atoms with E-state index in [0.29, 0.717) is 0 Å². The van der Waals surface area contributed by atoms with Gasteiger partial charge in [-0.2, -0.15) is 0 Å². The highest BCUT2D eigenvalue weighted by molar-refractivity contribution is 6.12. The van der Waals surface area contributed by atoms with E-state index >= 15 is 0 Å². The standard InChI is InChI=1S/C23H24N2/c1-4-25(5-2)20-11-10-17-14-21(16(3)12-19(17)13-20)23-15-18-8-6-7-9-22(18)24-23/h6-11,13-14H,3-5,12,15H2,1-2H3. The van der Waals surface area contributed by atoms with Gasteiger partial charge in [0.25, 0.3) is 0 Å². The van der Waals surface area contributed by atoms with E-state index in [9.17, 15) is 0 Å². The molecule has 25 heavy (non-hydrogen) atoms. The van der Waals surface area contributed by atoms with Gasteiger partial charge in [0.1, 0.15) is 0 Å². The SMILES string of the molecule is C=C1Cc2cc(N(CC)CC)ccc2C=C1C1=Nc2ccccc2C1. The minimum atomic E-state index is 0.908. The number of benzene rings is 2. The fraction of sp³-hybridized carbons (Fsp3) is 0.261. The van der Waals surface area contributed by atoms with Crippen molar-refractivity contribution in [3.8, 4) is 0 Å². The molecule has 0 spiro atoms. The van der Waals surface area contributed by atoms with Crippen molar-refractivity contribution in [3.05, 3.63) is 76.9 Å². The molecule has 0 unspecified atom stereocenters. The smallest absolute Gasteiger partial charge is 0.0669 e. The van der Waals surface area contributed by atoms with Gasteiger partial charge in [0.05, 0.1) is 11.4 Å². The summed E-state index contributed by atoms with van der Waals surface area (Å²) in [6.45, 7) is 10.8. The molecule has 2 heteroatoms. The van der Waals surface area contributed by atoms with Crippen LogP contribution in [-0.4, -0.2) is 18.8 Å². The third kappa shape index (κ3) is 2.82. The van der Waals surface area contributed by atoms with Crippen molar-refractivity contribution in [2.45, 2.75) is 26.7 Å². The van der Waals surface area contributed by atoms with Crippen molar-refractivity contribution in [3.63, 3.8) is 0 Å². The lowest BCUT2D eigenvalue weighted by atomic mass is 9.85. The molecule has 0 saturated heterocycles. The van der Waals surface area contributed by atoms with Gasteiger partial charge in [0, 0.05) is 25.2 Å². The molecule has 0 amide bonds. The average Bonchev–Trinajstić information content (AvgIpc) is 3.06. The number of rotatable bonds is 4. The van der Waals surface area contributed by atoms with Gasteiger partial charge in [0.2, 0.25) is 0 Å². The molecular formula is C23H24N2. The Bertz CT molecular complexity index is 898. The van der Waals surface area contributed by atoms with Gasteiger partial charge < -0.3 is 4.90 Å². The van der Waals surface area contributed by atoms with Gasteiger partial charge >= 0.3 is 0 Å². The molecule has 0 atom stereocenters. The molecule has 1 heterocycles. The van der Waals surface area contributed by atoms with Crippen molar-refractivity contribution >= 4 is 23.2 Å². The van der Waals surface area contributed by atoms with Crippen LogP contribution in [0.2, 0.25) is 0 Å². The summed E-state index contributed by atoms with van der Waals surface area (Å²) >= 11 is 0. The minimum absolute atomic E-state index is 0.908. The molecule has 2 aliphatic rings. The number of fused-ring (bicyclic) bond motifs is 2. The average molecular weight is 328 g/mol. The van der Waals surface area contributed by atoms with E-state index in [4.69, 9.17) is 4.99 Å². The first-order valence-electron chi connectivity index (χ1n) is 9.13. The highest BCUT2D eigenvalue weighted by Gasteiger charge is 2.23. The summed E-state index contributed by atoms with van der Waals surface area (Å²) in [4.78, 5) is 7.24. The maximum atomic E-state index is 4.85. The first-order valence-corrected chi connectivity index (χ1v) is 9.13. The van der Waals surface area contributed by atoms with E-state index in [1.54, 1.807) is 0 Å². The molecule has 4 rings (SSSR count). The summed E-state index contributed by atoms with van der Waals surface area (Å²) in [7, 11) is 0. The fourth-order valence-electron chi connectivity index (χ4n) is 3.83. The summed E-state index contributed by atoms with van der Waals surface area (Å²) in [5.74, 6) is 0. The maximum Gasteiger partial charge on any atom is 0.0669 e. The molecule has 1 aliphatic heterocycles. The van der Waals surface area contributed by atoms with Crippen molar-refractivity contribution in [2.75, 3.05) is 18.0 Å². The van der Waals surface area contributed by atoms with Crippen LogP contribution < -0.4 is 4.90 Å². The van der Waals surface area contributed by atoms with Gasteiger partial charge in [-0.25, -0.2) is 0 Å². The second-order valence-electron chi connectivity index (χ2n) is 6.76. The maximum absolute atomic E-state index is 4.85. The molecule has 1 aliphatic carbocycles. The molecule has 0 N–H and O–H groups in total. The minimum Gasteiger partial charge on any atom is -0.372 e. The van der Waals surface area contributed by atoms with Crippen LogP contribution in [0.15, 0.2) is 65.2 Å². The largest absolute Gasteiger partial charge is 0.372 e. The topological polar surface area (TPSA) is 15.6 Å². The molecule has 0 aromatic heterocycles. The number of nitrogens with zero attached hydrogens (tertiary/aromatic N) is 2. The van der Waals surface area contributed by atoms with Crippen molar-refractivity contribution < 1.29 is 0 Å². The molecule has 0 radical (unpaired) electrons. The lowest BCUT2D eigenvalue weighted by molar-refractivity contribution is 0.864. The molecule has 2 aromatic rings. The van der Waals surface area contributed by atoms with Crippen LogP contribution in [-0.2, 0) is 12.8 Å². The van der Waals surface area contributed by atoms with Crippen LogP contribution in [0.1, 0.15) is 30.5 Å². The Hall–Kier alpha value is -2.61. The van der Waals surface area contributed by atoms with Crippen molar-refractivity contribution in [2.24, 2.45) is 4.99 Å². The zero-order valence-electron chi connectivity index (χ0n) is 15.0. The van der Waals surface area contributed by atoms with Crippen LogP contribution in [0.25, 0.3) is 6.08 Å².